The lowest BCUT2D eigenvalue weighted by Gasteiger charge is -2.30. The van der Waals surface area contributed by atoms with Gasteiger partial charge in [-0.25, -0.2) is 0 Å². The molecule has 1 amide bonds. The molecule has 1 rings (SSSR count). The summed E-state index contributed by atoms with van der Waals surface area (Å²) >= 11 is 0. The van der Waals surface area contributed by atoms with Crippen molar-refractivity contribution < 1.29 is 14.3 Å². The number of likely N-dealkylation sites (tertiary alicyclic amines) is 1. The molecule has 110 valence electrons. The van der Waals surface area contributed by atoms with Crippen LogP contribution in [0.15, 0.2) is 0 Å². The molecule has 1 aliphatic rings. The Kier molecular flexibility index (Phi) is 6.84. The van der Waals surface area contributed by atoms with Crippen molar-refractivity contribution in [2.24, 2.45) is 5.92 Å². The van der Waals surface area contributed by atoms with Crippen LogP contribution in [0.3, 0.4) is 0 Å². The molecule has 0 bridgehead atoms. The fourth-order valence-corrected chi connectivity index (χ4v) is 2.33. The highest BCUT2D eigenvalue weighted by Gasteiger charge is 2.25. The first-order valence-corrected chi connectivity index (χ1v) is 7.13. The summed E-state index contributed by atoms with van der Waals surface area (Å²) in [6.07, 6.45) is 3.24. The molecule has 19 heavy (non-hydrogen) atoms. The van der Waals surface area contributed by atoms with Crippen molar-refractivity contribution in [2.45, 2.75) is 32.6 Å². The topological polar surface area (TPSA) is 49.9 Å². The van der Waals surface area contributed by atoms with E-state index in [1.165, 1.54) is 0 Å². The summed E-state index contributed by atoms with van der Waals surface area (Å²) in [6, 6.07) is 0. The van der Waals surface area contributed by atoms with Gasteiger partial charge in [0.05, 0.1) is 12.5 Å². The maximum absolute atomic E-state index is 11.6. The van der Waals surface area contributed by atoms with Crippen molar-refractivity contribution in [3.05, 3.63) is 0 Å². The lowest BCUT2D eigenvalue weighted by Crippen LogP contribution is -2.37. The van der Waals surface area contributed by atoms with Crippen LogP contribution < -0.4 is 0 Å². The first kappa shape index (κ1) is 16.0. The average Bonchev–Trinajstić information content (AvgIpc) is 2.39. The zero-order valence-electron chi connectivity index (χ0n) is 12.4. The molecule has 0 aromatic rings. The van der Waals surface area contributed by atoms with E-state index in [1.54, 1.807) is 19.0 Å². The van der Waals surface area contributed by atoms with Crippen LogP contribution in [0, 0.1) is 5.92 Å². The standard InChI is InChI=1S/C14H26N2O3/c1-4-19-14(18)12-7-10-16(11-8-12)9-5-6-13(17)15(2)3/h12H,4-11H2,1-3H3. The normalized spacial score (nSPS) is 17.2. The number of nitrogens with zero attached hydrogens (tertiary/aromatic N) is 2. The second-order valence-corrected chi connectivity index (χ2v) is 5.26. The summed E-state index contributed by atoms with van der Waals surface area (Å²) in [5.74, 6) is 0.200. The van der Waals surface area contributed by atoms with E-state index in [2.05, 4.69) is 4.90 Å². The van der Waals surface area contributed by atoms with Crippen molar-refractivity contribution in [3.8, 4) is 0 Å². The van der Waals surface area contributed by atoms with Crippen LogP contribution in [-0.4, -0.2) is 62.0 Å². The van der Waals surface area contributed by atoms with E-state index in [4.69, 9.17) is 4.74 Å². The van der Waals surface area contributed by atoms with Crippen LogP contribution in [0.2, 0.25) is 0 Å². The quantitative estimate of drug-likeness (QED) is 0.679. The van der Waals surface area contributed by atoms with Gasteiger partial charge in [0.1, 0.15) is 0 Å². The molecule has 0 spiro atoms. The third-order valence-corrected chi connectivity index (χ3v) is 3.57. The predicted molar refractivity (Wildman–Crippen MR) is 73.7 cm³/mol. The first-order valence-electron chi connectivity index (χ1n) is 7.13. The highest BCUT2D eigenvalue weighted by Crippen LogP contribution is 2.18. The van der Waals surface area contributed by atoms with E-state index in [-0.39, 0.29) is 17.8 Å². The Bertz CT molecular complexity index is 297. The van der Waals surface area contributed by atoms with Gasteiger partial charge in [0.25, 0.3) is 0 Å². The maximum Gasteiger partial charge on any atom is 0.309 e. The number of carbonyl (C=O) groups excluding carboxylic acids is 2. The van der Waals surface area contributed by atoms with E-state index in [9.17, 15) is 9.59 Å². The summed E-state index contributed by atoms with van der Waals surface area (Å²) in [6.45, 7) is 5.11. The molecule has 0 radical (unpaired) electrons. The Morgan fingerprint density at radius 1 is 1.26 bits per heavy atom. The van der Waals surface area contributed by atoms with Gasteiger partial charge in [0.2, 0.25) is 5.91 Å². The van der Waals surface area contributed by atoms with Crippen LogP contribution in [0.1, 0.15) is 32.6 Å². The van der Waals surface area contributed by atoms with Crippen LogP contribution in [0.5, 0.6) is 0 Å². The van der Waals surface area contributed by atoms with Crippen molar-refractivity contribution in [2.75, 3.05) is 40.3 Å². The largest absolute Gasteiger partial charge is 0.466 e. The third-order valence-electron chi connectivity index (χ3n) is 3.57. The molecule has 5 nitrogen and oxygen atoms in total. The Morgan fingerprint density at radius 3 is 2.42 bits per heavy atom. The van der Waals surface area contributed by atoms with Crippen molar-refractivity contribution >= 4 is 11.9 Å². The van der Waals surface area contributed by atoms with E-state index in [0.717, 1.165) is 38.9 Å². The van der Waals surface area contributed by atoms with Crippen LogP contribution in [0.25, 0.3) is 0 Å². The zero-order valence-corrected chi connectivity index (χ0v) is 12.4. The minimum atomic E-state index is -0.0510. The Labute approximate surface area is 115 Å². The minimum Gasteiger partial charge on any atom is -0.466 e. The SMILES string of the molecule is CCOC(=O)C1CCN(CCCC(=O)N(C)C)CC1. The van der Waals surface area contributed by atoms with Gasteiger partial charge in [-0.3, -0.25) is 9.59 Å². The number of piperidine rings is 1. The monoisotopic (exact) mass is 270 g/mol. The number of hydrogen-bond acceptors (Lipinski definition) is 4. The molecular formula is C14H26N2O3. The van der Waals surface area contributed by atoms with E-state index < -0.39 is 0 Å². The van der Waals surface area contributed by atoms with Gasteiger partial charge >= 0.3 is 5.97 Å². The fraction of sp³-hybridized carbons (Fsp3) is 0.857. The summed E-state index contributed by atoms with van der Waals surface area (Å²) in [4.78, 5) is 27.0. The van der Waals surface area contributed by atoms with E-state index in [0.29, 0.717) is 13.0 Å². The molecule has 0 unspecified atom stereocenters. The molecular weight excluding hydrogens is 244 g/mol. The summed E-state index contributed by atoms with van der Waals surface area (Å²) in [7, 11) is 3.57. The van der Waals surface area contributed by atoms with Gasteiger partial charge in [-0.2, -0.15) is 0 Å². The lowest BCUT2D eigenvalue weighted by molar-refractivity contribution is -0.149. The summed E-state index contributed by atoms with van der Waals surface area (Å²) < 4.78 is 5.05. The fourth-order valence-electron chi connectivity index (χ4n) is 2.33. The zero-order chi connectivity index (χ0) is 14.3. The van der Waals surface area contributed by atoms with Gasteiger partial charge < -0.3 is 14.5 Å². The number of esters is 1. The molecule has 1 aliphatic heterocycles. The number of ether oxygens (including phenoxy) is 1. The van der Waals surface area contributed by atoms with Crippen LogP contribution >= 0.6 is 0 Å². The van der Waals surface area contributed by atoms with Crippen LogP contribution in [0.4, 0.5) is 0 Å². The molecule has 0 aliphatic carbocycles. The highest BCUT2D eigenvalue weighted by molar-refractivity contribution is 5.75. The van der Waals surface area contributed by atoms with Gasteiger partial charge in [-0.15, -0.1) is 0 Å². The maximum atomic E-state index is 11.6. The molecule has 0 aromatic heterocycles. The third kappa shape index (κ3) is 5.59. The van der Waals surface area contributed by atoms with Crippen LogP contribution in [-0.2, 0) is 14.3 Å². The molecule has 1 fully saturated rings. The second kappa shape index (κ2) is 8.15. The molecule has 0 N–H and O–H groups in total. The Balaban J connectivity index is 2.16. The smallest absolute Gasteiger partial charge is 0.309 e. The van der Waals surface area contributed by atoms with Crippen molar-refractivity contribution in [1.82, 2.24) is 9.80 Å². The van der Waals surface area contributed by atoms with Gasteiger partial charge in [-0.1, -0.05) is 0 Å². The second-order valence-electron chi connectivity index (χ2n) is 5.26. The minimum absolute atomic E-state index is 0.0510. The lowest BCUT2D eigenvalue weighted by atomic mass is 9.97. The number of hydrogen-bond donors (Lipinski definition) is 0. The predicted octanol–water partition coefficient (Wildman–Crippen LogP) is 1.13. The molecule has 5 heteroatoms. The first-order chi connectivity index (χ1) is 9.04. The van der Waals surface area contributed by atoms with Crippen molar-refractivity contribution in [3.63, 3.8) is 0 Å². The molecule has 1 saturated heterocycles. The van der Waals surface area contributed by atoms with Gasteiger partial charge in [0.15, 0.2) is 0 Å². The molecule has 1 heterocycles. The van der Waals surface area contributed by atoms with Crippen molar-refractivity contribution in [1.29, 1.82) is 0 Å². The Morgan fingerprint density at radius 2 is 1.89 bits per heavy atom. The highest BCUT2D eigenvalue weighted by atomic mass is 16.5. The molecule has 0 aromatic carbocycles. The summed E-state index contributed by atoms with van der Waals surface area (Å²) in [5.41, 5.74) is 0. The number of amides is 1. The van der Waals surface area contributed by atoms with Gasteiger partial charge in [0, 0.05) is 20.5 Å². The van der Waals surface area contributed by atoms with E-state index in [1.807, 2.05) is 6.92 Å². The van der Waals surface area contributed by atoms with E-state index >= 15 is 0 Å². The van der Waals surface area contributed by atoms with Gasteiger partial charge in [-0.05, 0) is 45.8 Å². The number of rotatable bonds is 6. The Hall–Kier alpha value is -1.10. The molecule has 0 atom stereocenters. The summed E-state index contributed by atoms with van der Waals surface area (Å²) in [5, 5.41) is 0. The molecule has 0 saturated carbocycles. The average molecular weight is 270 g/mol. The number of carbonyl (C=O) groups is 2.